The molecule has 2 aromatic carbocycles. The molecule has 6 nitrogen and oxygen atoms in total. The first kappa shape index (κ1) is 20.0. The van der Waals surface area contributed by atoms with Crippen LogP contribution in [0.3, 0.4) is 0 Å². The van der Waals surface area contributed by atoms with Crippen LogP contribution in [0.4, 0.5) is 0 Å². The molecule has 0 N–H and O–H groups in total. The summed E-state index contributed by atoms with van der Waals surface area (Å²) in [5, 5.41) is 4.80. The van der Waals surface area contributed by atoms with E-state index in [0.717, 1.165) is 17.8 Å². The Kier molecular flexibility index (Phi) is 5.74. The van der Waals surface area contributed by atoms with E-state index in [1.54, 1.807) is 18.9 Å². The van der Waals surface area contributed by atoms with Crippen molar-refractivity contribution in [2.45, 2.75) is 19.8 Å². The van der Waals surface area contributed by atoms with Crippen molar-refractivity contribution in [2.24, 2.45) is 5.92 Å². The van der Waals surface area contributed by atoms with Gasteiger partial charge < -0.3 is 14.4 Å². The first-order chi connectivity index (χ1) is 14.6. The summed E-state index contributed by atoms with van der Waals surface area (Å²) in [4.78, 5) is 15.4. The molecule has 30 heavy (non-hydrogen) atoms. The third-order valence-electron chi connectivity index (χ3n) is 5.47. The van der Waals surface area contributed by atoms with Crippen LogP contribution in [-0.2, 0) is 0 Å². The molecule has 4 rings (SSSR count). The minimum absolute atomic E-state index is 0.00791. The minimum Gasteiger partial charge on any atom is -0.497 e. The summed E-state index contributed by atoms with van der Waals surface area (Å²) in [6, 6.07) is 15.3. The zero-order chi connectivity index (χ0) is 21.1. The van der Waals surface area contributed by atoms with Crippen molar-refractivity contribution in [3.05, 3.63) is 60.3 Å². The second-order valence-corrected chi connectivity index (χ2v) is 7.52. The molecule has 6 heteroatoms. The van der Waals surface area contributed by atoms with Crippen molar-refractivity contribution in [3.8, 4) is 28.4 Å². The number of benzene rings is 2. The van der Waals surface area contributed by atoms with Gasteiger partial charge in [0.25, 0.3) is 5.91 Å². The number of nitrogens with zero attached hydrogens (tertiary/aromatic N) is 3. The van der Waals surface area contributed by atoms with Crippen LogP contribution < -0.4 is 9.47 Å². The van der Waals surface area contributed by atoms with Gasteiger partial charge in [-0.2, -0.15) is 5.10 Å². The number of para-hydroxylation sites is 1. The Labute approximate surface area is 177 Å². The van der Waals surface area contributed by atoms with Crippen molar-refractivity contribution in [3.63, 3.8) is 0 Å². The first-order valence-electron chi connectivity index (χ1n) is 10.3. The van der Waals surface area contributed by atoms with Gasteiger partial charge in [0, 0.05) is 24.8 Å². The maximum atomic E-state index is 13.5. The maximum absolute atomic E-state index is 13.5. The van der Waals surface area contributed by atoms with Crippen LogP contribution >= 0.6 is 0 Å². The second-order valence-electron chi connectivity index (χ2n) is 7.52. The van der Waals surface area contributed by atoms with E-state index in [0.29, 0.717) is 35.2 Å². The molecule has 1 amide bonds. The van der Waals surface area contributed by atoms with Gasteiger partial charge in [0.1, 0.15) is 17.2 Å². The Morgan fingerprint density at radius 3 is 2.53 bits per heavy atom. The molecule has 0 bridgehead atoms. The number of aromatic nitrogens is 2. The number of methoxy groups -OCH3 is 2. The third-order valence-corrected chi connectivity index (χ3v) is 5.47. The zero-order valence-electron chi connectivity index (χ0n) is 17.7. The molecule has 0 radical (unpaired) electrons. The number of ether oxygens (including phenoxy) is 2. The Balaban J connectivity index is 1.84. The topological polar surface area (TPSA) is 56.6 Å². The molecular formula is C24H27N3O3. The predicted molar refractivity (Wildman–Crippen MR) is 116 cm³/mol. The molecule has 0 saturated heterocycles. The lowest BCUT2D eigenvalue weighted by atomic mass is 10.1. The highest BCUT2D eigenvalue weighted by molar-refractivity contribution is 6.00. The van der Waals surface area contributed by atoms with Crippen LogP contribution in [0.15, 0.2) is 54.7 Å². The summed E-state index contributed by atoms with van der Waals surface area (Å²) in [5.41, 5.74) is 2.78. The van der Waals surface area contributed by atoms with Gasteiger partial charge >= 0.3 is 0 Å². The highest BCUT2D eigenvalue weighted by atomic mass is 16.5. The van der Waals surface area contributed by atoms with Gasteiger partial charge in [-0.05, 0) is 56.0 Å². The van der Waals surface area contributed by atoms with E-state index in [1.165, 1.54) is 12.8 Å². The monoisotopic (exact) mass is 405 g/mol. The highest BCUT2D eigenvalue weighted by Crippen LogP contribution is 2.36. The lowest BCUT2D eigenvalue weighted by molar-refractivity contribution is 0.0757. The van der Waals surface area contributed by atoms with Crippen LogP contribution in [0, 0.1) is 5.92 Å². The van der Waals surface area contributed by atoms with Crippen molar-refractivity contribution in [1.82, 2.24) is 14.7 Å². The van der Waals surface area contributed by atoms with E-state index >= 15 is 0 Å². The Morgan fingerprint density at radius 1 is 1.13 bits per heavy atom. The molecule has 0 atom stereocenters. The van der Waals surface area contributed by atoms with Gasteiger partial charge in [-0.3, -0.25) is 4.79 Å². The molecule has 1 aliphatic carbocycles. The summed E-state index contributed by atoms with van der Waals surface area (Å²) in [5.74, 6) is 1.94. The third kappa shape index (κ3) is 4.03. The van der Waals surface area contributed by atoms with Crippen LogP contribution in [0.25, 0.3) is 16.9 Å². The SMILES string of the molecule is CCN(CC1CC1)C(=O)c1cn(-c2ccccc2)nc1-c1cc(OC)ccc1OC. The minimum atomic E-state index is -0.00791. The average Bonchev–Trinajstić information content (AvgIpc) is 3.51. The molecule has 1 heterocycles. The summed E-state index contributed by atoms with van der Waals surface area (Å²) in [6.07, 6.45) is 4.22. The Hall–Kier alpha value is -3.28. The smallest absolute Gasteiger partial charge is 0.257 e. The Bertz CT molecular complexity index is 1030. The van der Waals surface area contributed by atoms with E-state index in [2.05, 4.69) is 0 Å². The molecular weight excluding hydrogens is 378 g/mol. The van der Waals surface area contributed by atoms with Gasteiger partial charge in [0.05, 0.1) is 25.5 Å². The summed E-state index contributed by atoms with van der Waals surface area (Å²) in [7, 11) is 3.24. The summed E-state index contributed by atoms with van der Waals surface area (Å²) < 4.78 is 12.7. The fourth-order valence-electron chi connectivity index (χ4n) is 3.58. The molecule has 1 aromatic heterocycles. The fraction of sp³-hybridized carbons (Fsp3) is 0.333. The number of hydrogen-bond donors (Lipinski definition) is 0. The van der Waals surface area contributed by atoms with Gasteiger partial charge in [-0.25, -0.2) is 4.68 Å². The molecule has 1 aliphatic rings. The zero-order valence-corrected chi connectivity index (χ0v) is 17.7. The second kappa shape index (κ2) is 8.61. The predicted octanol–water partition coefficient (Wildman–Crippen LogP) is 4.43. The van der Waals surface area contributed by atoms with Crippen molar-refractivity contribution < 1.29 is 14.3 Å². The molecule has 1 fully saturated rings. The molecule has 156 valence electrons. The molecule has 3 aromatic rings. The van der Waals surface area contributed by atoms with Crippen LogP contribution in [-0.4, -0.2) is 47.9 Å². The highest BCUT2D eigenvalue weighted by Gasteiger charge is 2.29. The number of rotatable bonds is 8. The van der Waals surface area contributed by atoms with Crippen LogP contribution in [0.1, 0.15) is 30.1 Å². The van der Waals surface area contributed by atoms with Gasteiger partial charge in [-0.1, -0.05) is 18.2 Å². The van der Waals surface area contributed by atoms with E-state index in [1.807, 2.05) is 66.6 Å². The van der Waals surface area contributed by atoms with Crippen molar-refractivity contribution in [1.29, 1.82) is 0 Å². The lowest BCUT2D eigenvalue weighted by Gasteiger charge is -2.20. The summed E-state index contributed by atoms with van der Waals surface area (Å²) in [6.45, 7) is 3.48. The van der Waals surface area contributed by atoms with Gasteiger partial charge in [-0.15, -0.1) is 0 Å². The van der Waals surface area contributed by atoms with E-state index < -0.39 is 0 Å². The molecule has 0 spiro atoms. The molecule has 0 aliphatic heterocycles. The number of carbonyl (C=O) groups excluding carboxylic acids is 1. The van der Waals surface area contributed by atoms with Crippen LogP contribution in [0.5, 0.6) is 11.5 Å². The lowest BCUT2D eigenvalue weighted by Crippen LogP contribution is -2.32. The number of hydrogen-bond acceptors (Lipinski definition) is 4. The van der Waals surface area contributed by atoms with Crippen molar-refractivity contribution >= 4 is 5.91 Å². The summed E-state index contributed by atoms with van der Waals surface area (Å²) >= 11 is 0. The van der Waals surface area contributed by atoms with Crippen molar-refractivity contribution in [2.75, 3.05) is 27.3 Å². The molecule has 1 saturated carbocycles. The normalized spacial score (nSPS) is 13.2. The molecule has 0 unspecified atom stereocenters. The van der Waals surface area contributed by atoms with E-state index in [-0.39, 0.29) is 5.91 Å². The standard InChI is InChI=1S/C24H27N3O3/c1-4-26(15-17-10-11-17)24(28)21-16-27(18-8-6-5-7-9-18)25-23(21)20-14-19(29-2)12-13-22(20)30-3/h5-9,12-14,16-17H,4,10-11,15H2,1-3H3. The largest absolute Gasteiger partial charge is 0.497 e. The van der Waals surface area contributed by atoms with E-state index in [4.69, 9.17) is 14.6 Å². The van der Waals surface area contributed by atoms with E-state index in [9.17, 15) is 4.79 Å². The average molecular weight is 405 g/mol. The Morgan fingerprint density at radius 2 is 1.90 bits per heavy atom. The van der Waals surface area contributed by atoms with Gasteiger partial charge in [0.2, 0.25) is 0 Å². The number of carbonyl (C=O) groups is 1. The van der Waals surface area contributed by atoms with Crippen LogP contribution in [0.2, 0.25) is 0 Å². The fourth-order valence-corrected chi connectivity index (χ4v) is 3.58. The number of amides is 1. The first-order valence-corrected chi connectivity index (χ1v) is 10.3. The maximum Gasteiger partial charge on any atom is 0.257 e. The quantitative estimate of drug-likeness (QED) is 0.556. The van der Waals surface area contributed by atoms with Gasteiger partial charge in [0.15, 0.2) is 0 Å².